The van der Waals surface area contributed by atoms with Crippen molar-refractivity contribution in [1.29, 1.82) is 0 Å². The number of aromatic nitrogens is 1. The van der Waals surface area contributed by atoms with Crippen molar-refractivity contribution in [2.75, 3.05) is 0 Å². The Balaban J connectivity index is 3.37. The second-order valence-corrected chi connectivity index (χ2v) is 3.70. The van der Waals surface area contributed by atoms with Crippen LogP contribution in [0.25, 0.3) is 0 Å². The number of hydrogen-bond acceptors (Lipinski definition) is 1. The topological polar surface area (TPSA) is 22.0 Å². The van der Waals surface area contributed by atoms with Gasteiger partial charge in [0.1, 0.15) is 0 Å². The van der Waals surface area contributed by atoms with Crippen molar-refractivity contribution in [3.05, 3.63) is 34.5 Å². The summed E-state index contributed by atoms with van der Waals surface area (Å²) < 4.78 is 14.2. The first-order valence-corrected chi connectivity index (χ1v) is 3.80. The molecule has 0 amide bonds. The van der Waals surface area contributed by atoms with Crippen molar-refractivity contribution in [1.82, 2.24) is 4.57 Å². The van der Waals surface area contributed by atoms with E-state index in [1.54, 1.807) is 6.20 Å². The van der Waals surface area contributed by atoms with Crippen LogP contribution in [0.5, 0.6) is 0 Å². The van der Waals surface area contributed by atoms with E-state index in [9.17, 15) is 9.18 Å². The van der Waals surface area contributed by atoms with Gasteiger partial charge in [-0.15, -0.1) is 0 Å². The zero-order valence-corrected chi connectivity index (χ0v) is 7.47. The molecule has 0 saturated heterocycles. The highest BCUT2D eigenvalue weighted by molar-refractivity contribution is 4.99. The maximum Gasteiger partial charge on any atom is 0.287 e. The molecule has 0 radical (unpaired) electrons. The molecule has 0 bridgehead atoms. The van der Waals surface area contributed by atoms with Crippen molar-refractivity contribution in [2.45, 2.75) is 26.3 Å². The Kier molecular flexibility index (Phi) is 2.04. The van der Waals surface area contributed by atoms with Crippen molar-refractivity contribution >= 4 is 0 Å². The number of pyridine rings is 1. The first kappa shape index (κ1) is 8.97. The lowest BCUT2D eigenvalue weighted by molar-refractivity contribution is 0.373. The molecule has 0 unspecified atom stereocenters. The molecular formula is C9H12FNO. The maximum absolute atomic E-state index is 12.8. The highest BCUT2D eigenvalue weighted by Crippen LogP contribution is 2.09. The molecule has 0 aromatic carbocycles. The SMILES string of the molecule is CC(C)(C)n1cccc(F)c1=O. The fourth-order valence-electron chi connectivity index (χ4n) is 0.996. The van der Waals surface area contributed by atoms with Gasteiger partial charge < -0.3 is 4.57 Å². The molecule has 1 rings (SSSR count). The molecule has 0 N–H and O–H groups in total. The number of hydrogen-bond donors (Lipinski definition) is 0. The summed E-state index contributed by atoms with van der Waals surface area (Å²) in [7, 11) is 0. The minimum atomic E-state index is -0.701. The van der Waals surface area contributed by atoms with Crippen LogP contribution in [0.2, 0.25) is 0 Å². The van der Waals surface area contributed by atoms with Gasteiger partial charge in [0.25, 0.3) is 5.56 Å². The maximum atomic E-state index is 12.8. The fraction of sp³-hybridized carbons (Fsp3) is 0.444. The first-order chi connectivity index (χ1) is 5.43. The van der Waals surface area contributed by atoms with Gasteiger partial charge in [0.2, 0.25) is 0 Å². The quantitative estimate of drug-likeness (QED) is 0.579. The molecule has 0 aliphatic carbocycles. The van der Waals surface area contributed by atoms with Crippen LogP contribution in [0.4, 0.5) is 4.39 Å². The molecule has 0 spiro atoms. The normalized spacial score (nSPS) is 11.7. The summed E-state index contributed by atoms with van der Waals surface area (Å²) >= 11 is 0. The van der Waals surface area contributed by atoms with Crippen molar-refractivity contribution in [3.8, 4) is 0 Å². The molecular weight excluding hydrogens is 157 g/mol. The van der Waals surface area contributed by atoms with Gasteiger partial charge in [-0.3, -0.25) is 4.79 Å². The molecule has 12 heavy (non-hydrogen) atoms. The van der Waals surface area contributed by atoms with Gasteiger partial charge in [-0.05, 0) is 32.9 Å². The Bertz CT molecular complexity index is 335. The number of halogens is 1. The lowest BCUT2D eigenvalue weighted by atomic mass is 10.1. The third-order valence-corrected chi connectivity index (χ3v) is 1.62. The van der Waals surface area contributed by atoms with Gasteiger partial charge in [0.15, 0.2) is 5.82 Å². The van der Waals surface area contributed by atoms with E-state index in [0.717, 1.165) is 0 Å². The Morgan fingerprint density at radius 3 is 2.42 bits per heavy atom. The van der Waals surface area contributed by atoms with E-state index in [1.165, 1.54) is 16.7 Å². The monoisotopic (exact) mass is 169 g/mol. The summed E-state index contributed by atoms with van der Waals surface area (Å²) in [5.74, 6) is -0.701. The predicted molar refractivity (Wildman–Crippen MR) is 45.7 cm³/mol. The lowest BCUT2D eigenvalue weighted by Gasteiger charge is -2.21. The molecule has 66 valence electrons. The van der Waals surface area contributed by atoms with Crippen LogP contribution in [0, 0.1) is 5.82 Å². The van der Waals surface area contributed by atoms with Crippen molar-refractivity contribution in [3.63, 3.8) is 0 Å². The van der Waals surface area contributed by atoms with E-state index in [-0.39, 0.29) is 5.54 Å². The van der Waals surface area contributed by atoms with E-state index in [4.69, 9.17) is 0 Å². The summed E-state index contributed by atoms with van der Waals surface area (Å²) in [6.45, 7) is 5.56. The highest BCUT2D eigenvalue weighted by Gasteiger charge is 2.15. The first-order valence-electron chi connectivity index (χ1n) is 3.80. The molecule has 1 heterocycles. The van der Waals surface area contributed by atoms with E-state index < -0.39 is 11.4 Å². The third-order valence-electron chi connectivity index (χ3n) is 1.62. The van der Waals surface area contributed by atoms with Crippen LogP contribution < -0.4 is 5.56 Å². The average molecular weight is 169 g/mol. The number of rotatable bonds is 0. The Morgan fingerprint density at radius 1 is 1.42 bits per heavy atom. The largest absolute Gasteiger partial charge is 0.308 e. The summed E-state index contributed by atoms with van der Waals surface area (Å²) in [5, 5.41) is 0. The molecule has 2 nitrogen and oxygen atoms in total. The van der Waals surface area contributed by atoms with Gasteiger partial charge in [0, 0.05) is 11.7 Å². The number of nitrogens with zero attached hydrogens (tertiary/aromatic N) is 1. The van der Waals surface area contributed by atoms with Gasteiger partial charge in [0.05, 0.1) is 0 Å². The van der Waals surface area contributed by atoms with Crippen LogP contribution in [-0.4, -0.2) is 4.57 Å². The molecule has 0 aliphatic heterocycles. The zero-order valence-electron chi connectivity index (χ0n) is 7.47. The van der Waals surface area contributed by atoms with Crippen molar-refractivity contribution < 1.29 is 4.39 Å². The molecule has 0 atom stereocenters. The predicted octanol–water partition coefficient (Wildman–Crippen LogP) is 1.74. The molecule has 0 saturated carbocycles. The Morgan fingerprint density at radius 2 is 2.00 bits per heavy atom. The highest BCUT2D eigenvalue weighted by atomic mass is 19.1. The Hall–Kier alpha value is -1.12. The van der Waals surface area contributed by atoms with E-state index in [0.29, 0.717) is 0 Å². The molecule has 1 aromatic heterocycles. The standard InChI is InChI=1S/C9H12FNO/c1-9(2,3)11-6-4-5-7(10)8(11)12/h4-6H,1-3H3. The van der Waals surface area contributed by atoms with E-state index in [2.05, 4.69) is 0 Å². The van der Waals surface area contributed by atoms with Crippen molar-refractivity contribution in [2.24, 2.45) is 0 Å². The Labute approximate surface area is 70.6 Å². The van der Waals surface area contributed by atoms with Crippen LogP contribution in [0.3, 0.4) is 0 Å². The van der Waals surface area contributed by atoms with Crippen LogP contribution >= 0.6 is 0 Å². The molecule has 3 heteroatoms. The zero-order chi connectivity index (χ0) is 9.35. The van der Waals surface area contributed by atoms with Crippen LogP contribution in [0.15, 0.2) is 23.1 Å². The summed E-state index contributed by atoms with van der Waals surface area (Å²) in [5.41, 5.74) is -0.927. The third kappa shape index (κ3) is 1.55. The van der Waals surface area contributed by atoms with Gasteiger partial charge in [-0.1, -0.05) is 0 Å². The fourth-order valence-corrected chi connectivity index (χ4v) is 0.996. The van der Waals surface area contributed by atoms with Gasteiger partial charge in [-0.25, -0.2) is 4.39 Å². The summed E-state index contributed by atoms with van der Waals surface area (Å²) in [6.07, 6.45) is 1.59. The minimum Gasteiger partial charge on any atom is -0.308 e. The smallest absolute Gasteiger partial charge is 0.287 e. The molecule has 0 fully saturated rings. The van der Waals surface area contributed by atoms with Gasteiger partial charge in [-0.2, -0.15) is 0 Å². The summed E-state index contributed by atoms with van der Waals surface area (Å²) in [4.78, 5) is 11.2. The summed E-state index contributed by atoms with van der Waals surface area (Å²) in [6, 6.07) is 2.70. The minimum absolute atomic E-state index is 0.362. The van der Waals surface area contributed by atoms with Crippen LogP contribution in [0.1, 0.15) is 20.8 Å². The second-order valence-electron chi connectivity index (χ2n) is 3.70. The molecule has 1 aromatic rings. The lowest BCUT2D eigenvalue weighted by Crippen LogP contribution is -2.34. The van der Waals surface area contributed by atoms with Crippen LogP contribution in [-0.2, 0) is 5.54 Å². The second kappa shape index (κ2) is 2.73. The van der Waals surface area contributed by atoms with E-state index >= 15 is 0 Å². The average Bonchev–Trinajstić information content (AvgIpc) is 1.92. The van der Waals surface area contributed by atoms with Gasteiger partial charge >= 0.3 is 0 Å². The molecule has 0 aliphatic rings. The van der Waals surface area contributed by atoms with E-state index in [1.807, 2.05) is 20.8 Å².